The number of rotatable bonds is 6. The number of aliphatic hydroxyl groups excluding tert-OH is 1. The lowest BCUT2D eigenvalue weighted by Gasteiger charge is -2.17. The molecule has 3 nitrogen and oxygen atoms in total. The van der Waals surface area contributed by atoms with Gasteiger partial charge in [-0.2, -0.15) is 0 Å². The third-order valence-electron chi connectivity index (χ3n) is 3.30. The molecule has 0 aliphatic carbocycles. The fourth-order valence-electron chi connectivity index (χ4n) is 2.11. The Morgan fingerprint density at radius 1 is 1.10 bits per heavy atom. The van der Waals surface area contributed by atoms with Crippen molar-refractivity contribution in [2.45, 2.75) is 37.3 Å². The van der Waals surface area contributed by atoms with Gasteiger partial charge in [0, 0.05) is 6.04 Å². The predicted molar refractivity (Wildman–Crippen MR) is 86.2 cm³/mol. The fraction of sp³-hybridized carbons (Fsp3) is 0.294. The van der Waals surface area contributed by atoms with Gasteiger partial charge in [-0.3, -0.25) is 0 Å². The maximum atomic E-state index is 12.2. The van der Waals surface area contributed by atoms with E-state index >= 15 is 0 Å². The van der Waals surface area contributed by atoms with Crippen molar-refractivity contribution in [1.29, 1.82) is 0 Å². The van der Waals surface area contributed by atoms with Crippen molar-refractivity contribution in [2.75, 3.05) is 0 Å². The standard InChI is InChI=1S/C17H21NO2S/c1-13-8-10-16(11-9-13)21(20)18-14(2)12-17(19)15-6-4-3-5-7-15/h3-11,14,17-19H,12H2,1-2H3/t14-,17+,21?/m0/s1. The Morgan fingerprint density at radius 3 is 2.33 bits per heavy atom. The molecule has 0 heterocycles. The molecule has 2 aromatic carbocycles. The summed E-state index contributed by atoms with van der Waals surface area (Å²) in [4.78, 5) is 0.752. The lowest BCUT2D eigenvalue weighted by Crippen LogP contribution is -2.29. The molecule has 4 heteroatoms. The monoisotopic (exact) mass is 303 g/mol. The van der Waals surface area contributed by atoms with Gasteiger partial charge in [0.1, 0.15) is 11.0 Å². The first-order chi connectivity index (χ1) is 10.1. The fourth-order valence-corrected chi connectivity index (χ4v) is 3.09. The van der Waals surface area contributed by atoms with Crippen LogP contribution >= 0.6 is 0 Å². The van der Waals surface area contributed by atoms with E-state index in [1.54, 1.807) is 0 Å². The zero-order chi connectivity index (χ0) is 15.2. The van der Waals surface area contributed by atoms with Crippen LogP contribution in [0.4, 0.5) is 0 Å². The SMILES string of the molecule is Cc1ccc(S(=O)N[C@@H](C)C[C@@H](O)c2ccccc2)cc1. The van der Waals surface area contributed by atoms with Gasteiger partial charge in [0.15, 0.2) is 0 Å². The van der Waals surface area contributed by atoms with Gasteiger partial charge in [0.05, 0.1) is 11.0 Å². The number of hydrogen-bond donors (Lipinski definition) is 2. The Labute approximate surface area is 128 Å². The molecule has 112 valence electrons. The Morgan fingerprint density at radius 2 is 1.71 bits per heavy atom. The number of benzene rings is 2. The summed E-state index contributed by atoms with van der Waals surface area (Å²) in [6, 6.07) is 17.1. The Hall–Kier alpha value is -1.49. The molecule has 0 aliphatic heterocycles. The molecule has 0 aromatic heterocycles. The average molecular weight is 303 g/mol. The van der Waals surface area contributed by atoms with E-state index < -0.39 is 17.1 Å². The van der Waals surface area contributed by atoms with E-state index in [9.17, 15) is 9.32 Å². The topological polar surface area (TPSA) is 49.3 Å². The molecule has 0 amide bonds. The van der Waals surface area contributed by atoms with Crippen molar-refractivity contribution in [3.63, 3.8) is 0 Å². The zero-order valence-electron chi connectivity index (χ0n) is 12.3. The van der Waals surface area contributed by atoms with Crippen LogP contribution in [0.5, 0.6) is 0 Å². The zero-order valence-corrected chi connectivity index (χ0v) is 13.1. The van der Waals surface area contributed by atoms with Crippen molar-refractivity contribution < 1.29 is 9.32 Å². The summed E-state index contributed by atoms with van der Waals surface area (Å²) in [7, 11) is -1.26. The lowest BCUT2D eigenvalue weighted by molar-refractivity contribution is 0.158. The molecular formula is C17H21NO2S. The van der Waals surface area contributed by atoms with Gasteiger partial charge in [0.2, 0.25) is 0 Å². The van der Waals surface area contributed by atoms with Gasteiger partial charge in [-0.15, -0.1) is 0 Å². The van der Waals surface area contributed by atoms with Gasteiger partial charge in [-0.1, -0.05) is 48.0 Å². The molecule has 0 saturated carbocycles. The van der Waals surface area contributed by atoms with Gasteiger partial charge in [0.25, 0.3) is 0 Å². The third-order valence-corrected chi connectivity index (χ3v) is 4.62. The molecule has 3 atom stereocenters. The second-order valence-electron chi connectivity index (χ2n) is 5.26. The highest BCUT2D eigenvalue weighted by molar-refractivity contribution is 7.83. The Kier molecular flexibility index (Phi) is 5.67. The van der Waals surface area contributed by atoms with E-state index in [1.165, 1.54) is 0 Å². The molecule has 0 bridgehead atoms. The maximum absolute atomic E-state index is 12.2. The molecule has 2 aromatic rings. The van der Waals surface area contributed by atoms with E-state index in [-0.39, 0.29) is 6.04 Å². The molecule has 0 spiro atoms. The summed E-state index contributed by atoms with van der Waals surface area (Å²) in [5.41, 5.74) is 2.02. The van der Waals surface area contributed by atoms with Gasteiger partial charge >= 0.3 is 0 Å². The molecular weight excluding hydrogens is 282 g/mol. The molecule has 0 aliphatic rings. The first-order valence-electron chi connectivity index (χ1n) is 7.04. The minimum Gasteiger partial charge on any atom is -0.388 e. The number of nitrogens with one attached hydrogen (secondary N) is 1. The molecule has 0 radical (unpaired) electrons. The number of aryl methyl sites for hydroxylation is 1. The molecule has 1 unspecified atom stereocenters. The highest BCUT2D eigenvalue weighted by Gasteiger charge is 2.14. The van der Waals surface area contributed by atoms with E-state index in [1.807, 2.05) is 68.4 Å². The number of aliphatic hydroxyl groups is 1. The quantitative estimate of drug-likeness (QED) is 0.861. The van der Waals surface area contributed by atoms with E-state index in [4.69, 9.17) is 0 Å². The van der Waals surface area contributed by atoms with E-state index in [0.717, 1.165) is 16.0 Å². The van der Waals surface area contributed by atoms with Crippen LogP contribution in [0.1, 0.15) is 30.6 Å². The lowest BCUT2D eigenvalue weighted by atomic mass is 10.0. The summed E-state index contributed by atoms with van der Waals surface area (Å²) in [5.74, 6) is 0. The van der Waals surface area contributed by atoms with Crippen LogP contribution in [0.15, 0.2) is 59.5 Å². The first-order valence-corrected chi connectivity index (χ1v) is 8.19. The van der Waals surface area contributed by atoms with E-state index in [2.05, 4.69) is 4.72 Å². The second-order valence-corrected chi connectivity index (χ2v) is 6.51. The summed E-state index contributed by atoms with van der Waals surface area (Å²) in [6.07, 6.45) is -0.0366. The molecule has 0 fully saturated rings. The molecule has 2 N–H and O–H groups in total. The Bertz CT molecular complexity index is 583. The maximum Gasteiger partial charge on any atom is 0.125 e. The highest BCUT2D eigenvalue weighted by Crippen LogP contribution is 2.18. The van der Waals surface area contributed by atoms with Crippen LogP contribution in [0, 0.1) is 6.92 Å². The van der Waals surface area contributed by atoms with Crippen molar-refractivity contribution in [2.24, 2.45) is 0 Å². The van der Waals surface area contributed by atoms with Crippen molar-refractivity contribution in [3.8, 4) is 0 Å². The van der Waals surface area contributed by atoms with Crippen LogP contribution in [-0.2, 0) is 11.0 Å². The highest BCUT2D eigenvalue weighted by atomic mass is 32.2. The van der Waals surface area contributed by atoms with Gasteiger partial charge in [-0.05, 0) is 38.0 Å². The summed E-state index contributed by atoms with van der Waals surface area (Å²) < 4.78 is 15.2. The predicted octanol–water partition coefficient (Wildman–Crippen LogP) is 3.12. The normalized spacial score (nSPS) is 15.4. The summed E-state index contributed by atoms with van der Waals surface area (Å²) >= 11 is 0. The minimum absolute atomic E-state index is 0.0534. The van der Waals surface area contributed by atoms with Crippen LogP contribution in [0.2, 0.25) is 0 Å². The van der Waals surface area contributed by atoms with Gasteiger partial charge < -0.3 is 5.11 Å². The molecule has 0 saturated heterocycles. The Balaban J connectivity index is 1.91. The summed E-state index contributed by atoms with van der Waals surface area (Å²) in [5, 5.41) is 10.2. The van der Waals surface area contributed by atoms with Crippen LogP contribution in [0.25, 0.3) is 0 Å². The van der Waals surface area contributed by atoms with E-state index in [0.29, 0.717) is 6.42 Å². The van der Waals surface area contributed by atoms with Crippen LogP contribution in [-0.4, -0.2) is 15.4 Å². The van der Waals surface area contributed by atoms with Crippen LogP contribution in [0.3, 0.4) is 0 Å². The molecule has 2 rings (SSSR count). The smallest absolute Gasteiger partial charge is 0.125 e. The van der Waals surface area contributed by atoms with Crippen molar-refractivity contribution >= 4 is 11.0 Å². The second kappa shape index (κ2) is 7.50. The number of hydrogen-bond acceptors (Lipinski definition) is 2. The largest absolute Gasteiger partial charge is 0.388 e. The van der Waals surface area contributed by atoms with Crippen molar-refractivity contribution in [1.82, 2.24) is 4.72 Å². The van der Waals surface area contributed by atoms with Crippen molar-refractivity contribution in [3.05, 3.63) is 65.7 Å². The summed E-state index contributed by atoms with van der Waals surface area (Å²) in [6.45, 7) is 3.93. The van der Waals surface area contributed by atoms with Crippen LogP contribution < -0.4 is 4.72 Å². The third kappa shape index (κ3) is 4.77. The van der Waals surface area contributed by atoms with Gasteiger partial charge in [-0.25, -0.2) is 8.93 Å². The first kappa shape index (κ1) is 15.9. The average Bonchev–Trinajstić information content (AvgIpc) is 2.48. The minimum atomic E-state index is -1.26. The molecule has 21 heavy (non-hydrogen) atoms.